The van der Waals surface area contributed by atoms with Gasteiger partial charge in [-0.05, 0) is 29.8 Å². The van der Waals surface area contributed by atoms with Crippen molar-refractivity contribution in [2.24, 2.45) is 5.10 Å². The highest BCUT2D eigenvalue weighted by molar-refractivity contribution is 6.39. The minimum absolute atomic E-state index is 0.411. The van der Waals surface area contributed by atoms with E-state index in [1.807, 2.05) is 43.3 Å². The maximum atomic E-state index is 11.9. The van der Waals surface area contributed by atoms with Gasteiger partial charge in [0.2, 0.25) is 0 Å². The van der Waals surface area contributed by atoms with Crippen LogP contribution in [0.3, 0.4) is 0 Å². The molecular formula is C18H20N4O3. The van der Waals surface area contributed by atoms with Crippen molar-refractivity contribution in [3.63, 3.8) is 0 Å². The summed E-state index contributed by atoms with van der Waals surface area (Å²) in [5.41, 5.74) is 4.46. The average molecular weight is 340 g/mol. The zero-order valence-electron chi connectivity index (χ0n) is 14.3. The maximum absolute atomic E-state index is 11.9. The number of methoxy groups -OCH3 is 1. The quantitative estimate of drug-likeness (QED) is 0.494. The molecule has 7 nitrogen and oxygen atoms in total. The van der Waals surface area contributed by atoms with Crippen LogP contribution in [0.4, 0.5) is 11.4 Å². The predicted octanol–water partition coefficient (Wildman–Crippen LogP) is 1.85. The molecule has 0 spiro atoms. The van der Waals surface area contributed by atoms with Crippen molar-refractivity contribution in [2.45, 2.75) is 0 Å². The van der Waals surface area contributed by atoms with Gasteiger partial charge in [-0.1, -0.05) is 24.3 Å². The van der Waals surface area contributed by atoms with Gasteiger partial charge in [-0.15, -0.1) is 0 Å². The second-order valence-corrected chi connectivity index (χ2v) is 5.34. The van der Waals surface area contributed by atoms with E-state index in [1.54, 1.807) is 24.3 Å². The molecule has 0 fully saturated rings. The molecule has 0 aliphatic carbocycles. The minimum Gasteiger partial charge on any atom is -0.495 e. The average Bonchev–Trinajstić information content (AvgIpc) is 2.62. The fraction of sp³-hybridized carbons (Fsp3) is 0.167. The number of rotatable bonds is 5. The van der Waals surface area contributed by atoms with Crippen LogP contribution in [0, 0.1) is 0 Å². The van der Waals surface area contributed by atoms with Crippen molar-refractivity contribution < 1.29 is 14.3 Å². The molecule has 2 rings (SSSR count). The molecule has 2 aromatic carbocycles. The molecule has 0 aliphatic rings. The minimum atomic E-state index is -0.868. The van der Waals surface area contributed by atoms with Crippen molar-refractivity contribution in [2.75, 3.05) is 31.4 Å². The third-order valence-electron chi connectivity index (χ3n) is 3.35. The van der Waals surface area contributed by atoms with E-state index in [1.165, 1.54) is 13.3 Å². The van der Waals surface area contributed by atoms with Gasteiger partial charge in [0, 0.05) is 19.8 Å². The fourth-order valence-corrected chi connectivity index (χ4v) is 2.00. The summed E-state index contributed by atoms with van der Waals surface area (Å²) >= 11 is 0. The van der Waals surface area contributed by atoms with E-state index in [4.69, 9.17) is 4.74 Å². The Morgan fingerprint density at radius 2 is 1.72 bits per heavy atom. The van der Waals surface area contributed by atoms with Crippen LogP contribution in [-0.2, 0) is 9.59 Å². The molecule has 0 atom stereocenters. The predicted molar refractivity (Wildman–Crippen MR) is 98.1 cm³/mol. The second-order valence-electron chi connectivity index (χ2n) is 5.34. The molecule has 130 valence electrons. The largest absolute Gasteiger partial charge is 0.495 e. The summed E-state index contributed by atoms with van der Waals surface area (Å²) in [4.78, 5) is 25.7. The summed E-state index contributed by atoms with van der Waals surface area (Å²) in [6.07, 6.45) is 1.47. The Morgan fingerprint density at radius 3 is 2.36 bits per heavy atom. The Hall–Kier alpha value is -3.35. The smallest absolute Gasteiger partial charge is 0.329 e. The zero-order chi connectivity index (χ0) is 18.2. The molecule has 0 unspecified atom stereocenters. The van der Waals surface area contributed by atoms with Gasteiger partial charge in [0.1, 0.15) is 5.75 Å². The number of carbonyl (C=O) groups is 2. The topological polar surface area (TPSA) is 83.0 Å². The molecule has 0 saturated carbocycles. The number of anilines is 2. The third kappa shape index (κ3) is 5.07. The molecular weight excluding hydrogens is 320 g/mol. The van der Waals surface area contributed by atoms with Gasteiger partial charge in [-0.25, -0.2) is 5.43 Å². The van der Waals surface area contributed by atoms with Crippen molar-refractivity contribution in [3.8, 4) is 5.75 Å². The SMILES string of the molecule is COc1ccccc1NC(=O)C(=O)N/N=C/c1ccc(N(C)C)cc1. The summed E-state index contributed by atoms with van der Waals surface area (Å²) in [5, 5.41) is 6.27. The van der Waals surface area contributed by atoms with Crippen molar-refractivity contribution in [3.05, 3.63) is 54.1 Å². The number of benzene rings is 2. The molecule has 2 aromatic rings. The van der Waals surface area contributed by atoms with Crippen LogP contribution in [-0.4, -0.2) is 39.2 Å². The second kappa shape index (κ2) is 8.49. The number of hydrogen-bond acceptors (Lipinski definition) is 5. The van der Waals surface area contributed by atoms with Gasteiger partial charge in [0.25, 0.3) is 0 Å². The molecule has 0 radical (unpaired) electrons. The van der Waals surface area contributed by atoms with Crippen LogP contribution >= 0.6 is 0 Å². The van der Waals surface area contributed by atoms with Gasteiger partial charge >= 0.3 is 11.8 Å². The van der Waals surface area contributed by atoms with Crippen LogP contribution in [0.5, 0.6) is 5.75 Å². The summed E-state index contributed by atoms with van der Waals surface area (Å²) in [7, 11) is 5.38. The molecule has 2 N–H and O–H groups in total. The lowest BCUT2D eigenvalue weighted by molar-refractivity contribution is -0.136. The summed E-state index contributed by atoms with van der Waals surface area (Å²) in [5.74, 6) is -1.23. The van der Waals surface area contributed by atoms with Crippen molar-refractivity contribution in [1.29, 1.82) is 0 Å². The van der Waals surface area contributed by atoms with Crippen LogP contribution in [0.1, 0.15) is 5.56 Å². The van der Waals surface area contributed by atoms with Crippen LogP contribution < -0.4 is 20.4 Å². The van der Waals surface area contributed by atoms with Crippen LogP contribution in [0.25, 0.3) is 0 Å². The molecule has 0 heterocycles. The summed E-state index contributed by atoms with van der Waals surface area (Å²) in [6.45, 7) is 0. The first-order valence-electron chi connectivity index (χ1n) is 7.56. The number of amides is 2. The monoisotopic (exact) mass is 340 g/mol. The highest BCUT2D eigenvalue weighted by atomic mass is 16.5. The number of nitrogens with one attached hydrogen (secondary N) is 2. The highest BCUT2D eigenvalue weighted by Crippen LogP contribution is 2.22. The first kappa shape index (κ1) is 18.0. The lowest BCUT2D eigenvalue weighted by Crippen LogP contribution is -2.32. The van der Waals surface area contributed by atoms with Crippen molar-refractivity contribution >= 4 is 29.4 Å². The molecule has 0 bridgehead atoms. The van der Waals surface area contributed by atoms with E-state index in [0.717, 1.165) is 11.3 Å². The third-order valence-corrected chi connectivity index (χ3v) is 3.35. The lowest BCUT2D eigenvalue weighted by Gasteiger charge is -2.11. The Morgan fingerprint density at radius 1 is 1.04 bits per heavy atom. The van der Waals surface area contributed by atoms with Crippen LogP contribution in [0.15, 0.2) is 53.6 Å². The van der Waals surface area contributed by atoms with Crippen molar-refractivity contribution in [1.82, 2.24) is 5.43 Å². The van der Waals surface area contributed by atoms with E-state index < -0.39 is 11.8 Å². The van der Waals surface area contributed by atoms with Gasteiger partial charge in [-0.2, -0.15) is 5.10 Å². The first-order chi connectivity index (χ1) is 12.0. The number of carbonyl (C=O) groups excluding carboxylic acids is 2. The number of nitrogens with zero attached hydrogens (tertiary/aromatic N) is 2. The van der Waals surface area contributed by atoms with Crippen LogP contribution in [0.2, 0.25) is 0 Å². The Balaban J connectivity index is 1.91. The van der Waals surface area contributed by atoms with E-state index in [9.17, 15) is 9.59 Å². The van der Waals surface area contributed by atoms with E-state index in [-0.39, 0.29) is 0 Å². The van der Waals surface area contributed by atoms with E-state index in [0.29, 0.717) is 11.4 Å². The molecule has 2 amide bonds. The van der Waals surface area contributed by atoms with Gasteiger partial charge in [0.05, 0.1) is 19.0 Å². The fourth-order valence-electron chi connectivity index (χ4n) is 2.00. The zero-order valence-corrected chi connectivity index (χ0v) is 14.3. The molecule has 0 aliphatic heterocycles. The lowest BCUT2D eigenvalue weighted by atomic mass is 10.2. The molecule has 0 aromatic heterocycles. The summed E-state index contributed by atoms with van der Waals surface area (Å²) < 4.78 is 5.11. The summed E-state index contributed by atoms with van der Waals surface area (Å²) in [6, 6.07) is 14.4. The number of hydrazone groups is 1. The maximum Gasteiger partial charge on any atom is 0.329 e. The van der Waals surface area contributed by atoms with Gasteiger partial charge < -0.3 is 15.0 Å². The van der Waals surface area contributed by atoms with Gasteiger partial charge in [-0.3, -0.25) is 9.59 Å². The Bertz CT molecular complexity index is 770. The first-order valence-corrected chi connectivity index (χ1v) is 7.56. The molecule has 7 heteroatoms. The Kier molecular flexibility index (Phi) is 6.11. The molecule has 25 heavy (non-hydrogen) atoms. The van der Waals surface area contributed by atoms with E-state index in [2.05, 4.69) is 15.8 Å². The van der Waals surface area contributed by atoms with E-state index >= 15 is 0 Å². The number of hydrogen-bond donors (Lipinski definition) is 2. The number of ether oxygens (including phenoxy) is 1. The molecule has 0 saturated heterocycles. The Labute approximate surface area is 146 Å². The normalized spacial score (nSPS) is 10.4. The number of para-hydroxylation sites is 2. The van der Waals surface area contributed by atoms with Gasteiger partial charge in [0.15, 0.2) is 0 Å². The standard InChI is InChI=1S/C18H20N4O3/c1-22(2)14-10-8-13(9-11-14)12-19-21-18(24)17(23)20-15-6-4-5-7-16(15)25-3/h4-12H,1-3H3,(H,20,23)(H,21,24)/b19-12+. The highest BCUT2D eigenvalue weighted by Gasteiger charge is 2.14.